The van der Waals surface area contributed by atoms with Gasteiger partial charge in [0.2, 0.25) is 0 Å². The molecule has 0 atom stereocenters. The summed E-state index contributed by atoms with van der Waals surface area (Å²) in [6, 6.07) is 10.6. The van der Waals surface area contributed by atoms with E-state index >= 15 is 0 Å². The molecule has 0 saturated carbocycles. The average molecular weight is 340 g/mol. The normalized spacial score (nSPS) is 10.5. The van der Waals surface area contributed by atoms with Crippen molar-refractivity contribution in [2.24, 2.45) is 7.05 Å². The molecule has 2 amide bonds. The zero-order chi connectivity index (χ0) is 17.8. The molecular formula is C18H20N4O3. The van der Waals surface area contributed by atoms with Crippen LogP contribution in [0.4, 0.5) is 10.5 Å². The smallest absolute Gasteiger partial charge is 0.319 e. The number of ether oxygens (including phenoxy) is 2. The number of urea groups is 1. The summed E-state index contributed by atoms with van der Waals surface area (Å²) in [5.74, 6) is 1.44. The van der Waals surface area contributed by atoms with Crippen LogP contribution in [0.5, 0.6) is 11.5 Å². The zero-order valence-corrected chi connectivity index (χ0v) is 14.4. The van der Waals surface area contributed by atoms with Gasteiger partial charge >= 0.3 is 6.03 Å². The van der Waals surface area contributed by atoms with Crippen LogP contribution in [0.2, 0.25) is 0 Å². The minimum atomic E-state index is -0.300. The number of fused-ring (bicyclic) bond motifs is 1. The van der Waals surface area contributed by atoms with Gasteiger partial charge in [-0.25, -0.2) is 9.78 Å². The maximum atomic E-state index is 12.2. The Morgan fingerprint density at radius 2 is 1.88 bits per heavy atom. The molecule has 2 aromatic carbocycles. The van der Waals surface area contributed by atoms with Gasteiger partial charge in [0.25, 0.3) is 0 Å². The number of rotatable bonds is 5. The van der Waals surface area contributed by atoms with Crippen molar-refractivity contribution in [2.45, 2.75) is 6.54 Å². The quantitative estimate of drug-likeness (QED) is 0.749. The van der Waals surface area contributed by atoms with Crippen molar-refractivity contribution in [3.8, 4) is 11.5 Å². The Labute approximate surface area is 145 Å². The standard InChI is InChI=1S/C18H20N4O3/c1-22-11-20-15-8-9-16(25-3)14(17(15)22)10-19-18(23)21-12-4-6-13(24-2)7-5-12/h4-9,11H,10H2,1-3H3,(H2,19,21,23). The van der Waals surface area contributed by atoms with E-state index in [4.69, 9.17) is 9.47 Å². The lowest BCUT2D eigenvalue weighted by Crippen LogP contribution is -2.28. The lowest BCUT2D eigenvalue weighted by Gasteiger charge is -2.13. The third-order valence-corrected chi connectivity index (χ3v) is 3.93. The van der Waals surface area contributed by atoms with Crippen LogP contribution in [-0.4, -0.2) is 29.8 Å². The second kappa shape index (κ2) is 7.12. The molecule has 130 valence electrons. The fourth-order valence-corrected chi connectivity index (χ4v) is 2.69. The molecule has 3 rings (SSSR count). The van der Waals surface area contributed by atoms with Gasteiger partial charge < -0.3 is 24.7 Å². The first-order chi connectivity index (χ1) is 12.1. The van der Waals surface area contributed by atoms with Crippen molar-refractivity contribution < 1.29 is 14.3 Å². The van der Waals surface area contributed by atoms with Crippen molar-refractivity contribution in [1.82, 2.24) is 14.9 Å². The Morgan fingerprint density at radius 3 is 2.56 bits per heavy atom. The average Bonchev–Trinajstić information content (AvgIpc) is 3.01. The fourth-order valence-electron chi connectivity index (χ4n) is 2.69. The van der Waals surface area contributed by atoms with E-state index in [1.165, 1.54) is 0 Å². The van der Waals surface area contributed by atoms with E-state index in [2.05, 4.69) is 15.6 Å². The Morgan fingerprint density at radius 1 is 1.12 bits per heavy atom. The van der Waals surface area contributed by atoms with Gasteiger partial charge in [-0.2, -0.15) is 0 Å². The monoisotopic (exact) mass is 340 g/mol. The highest BCUT2D eigenvalue weighted by Gasteiger charge is 2.13. The predicted octanol–water partition coefficient (Wildman–Crippen LogP) is 2.91. The number of anilines is 1. The van der Waals surface area contributed by atoms with Crippen molar-refractivity contribution in [3.63, 3.8) is 0 Å². The van der Waals surface area contributed by atoms with E-state index in [1.54, 1.807) is 44.8 Å². The number of imidazole rings is 1. The lowest BCUT2D eigenvalue weighted by atomic mass is 10.1. The molecule has 7 heteroatoms. The van der Waals surface area contributed by atoms with Gasteiger partial charge in [0.05, 0.1) is 38.1 Å². The Kier molecular flexibility index (Phi) is 4.74. The second-order valence-corrected chi connectivity index (χ2v) is 5.51. The molecule has 0 aliphatic heterocycles. The van der Waals surface area contributed by atoms with Crippen LogP contribution >= 0.6 is 0 Å². The van der Waals surface area contributed by atoms with Crippen LogP contribution in [0, 0.1) is 0 Å². The fraction of sp³-hybridized carbons (Fsp3) is 0.222. The molecule has 0 saturated heterocycles. The van der Waals surface area contributed by atoms with E-state index in [0.717, 1.165) is 22.3 Å². The molecule has 0 spiro atoms. The highest BCUT2D eigenvalue weighted by atomic mass is 16.5. The van der Waals surface area contributed by atoms with E-state index in [0.29, 0.717) is 18.0 Å². The van der Waals surface area contributed by atoms with Gasteiger partial charge in [-0.15, -0.1) is 0 Å². The van der Waals surface area contributed by atoms with E-state index in [1.807, 2.05) is 23.7 Å². The topological polar surface area (TPSA) is 77.4 Å². The summed E-state index contributed by atoms with van der Waals surface area (Å²) >= 11 is 0. The van der Waals surface area contributed by atoms with E-state index in [-0.39, 0.29) is 6.03 Å². The molecule has 0 radical (unpaired) electrons. The minimum Gasteiger partial charge on any atom is -0.497 e. The lowest BCUT2D eigenvalue weighted by molar-refractivity contribution is 0.251. The number of carbonyl (C=O) groups is 1. The third kappa shape index (κ3) is 3.50. The van der Waals surface area contributed by atoms with Gasteiger partial charge in [0, 0.05) is 18.3 Å². The number of carbonyl (C=O) groups excluding carboxylic acids is 1. The number of aromatic nitrogens is 2. The Bertz CT molecular complexity index is 887. The van der Waals surface area contributed by atoms with Crippen LogP contribution in [-0.2, 0) is 13.6 Å². The van der Waals surface area contributed by atoms with Crippen molar-refractivity contribution in [2.75, 3.05) is 19.5 Å². The molecule has 25 heavy (non-hydrogen) atoms. The summed E-state index contributed by atoms with van der Waals surface area (Å²) in [5.41, 5.74) is 3.36. The van der Waals surface area contributed by atoms with Crippen molar-refractivity contribution >= 4 is 22.8 Å². The molecule has 0 aliphatic rings. The molecule has 0 aliphatic carbocycles. The van der Waals surface area contributed by atoms with Gasteiger partial charge in [-0.1, -0.05) is 0 Å². The number of nitrogens with one attached hydrogen (secondary N) is 2. The van der Waals surface area contributed by atoms with Gasteiger partial charge in [-0.05, 0) is 36.4 Å². The molecule has 0 fully saturated rings. The van der Waals surface area contributed by atoms with Crippen LogP contribution in [0.15, 0.2) is 42.7 Å². The molecule has 0 bridgehead atoms. The largest absolute Gasteiger partial charge is 0.497 e. The summed E-state index contributed by atoms with van der Waals surface area (Å²) in [4.78, 5) is 16.5. The molecule has 2 N–H and O–H groups in total. The van der Waals surface area contributed by atoms with Crippen molar-refractivity contribution in [3.05, 3.63) is 48.3 Å². The summed E-state index contributed by atoms with van der Waals surface area (Å²) in [7, 11) is 5.12. The van der Waals surface area contributed by atoms with Crippen molar-refractivity contribution in [1.29, 1.82) is 0 Å². The van der Waals surface area contributed by atoms with Gasteiger partial charge in [0.1, 0.15) is 11.5 Å². The van der Waals surface area contributed by atoms with Crippen LogP contribution in [0.3, 0.4) is 0 Å². The Hall–Kier alpha value is -3.22. The maximum Gasteiger partial charge on any atom is 0.319 e. The maximum absolute atomic E-state index is 12.2. The summed E-state index contributed by atoms with van der Waals surface area (Å²) < 4.78 is 12.4. The molecule has 0 unspecified atom stereocenters. The number of aryl methyl sites for hydroxylation is 1. The third-order valence-electron chi connectivity index (χ3n) is 3.93. The number of amides is 2. The van der Waals surface area contributed by atoms with E-state index in [9.17, 15) is 4.79 Å². The molecule has 7 nitrogen and oxygen atoms in total. The first-order valence-corrected chi connectivity index (χ1v) is 7.78. The number of methoxy groups -OCH3 is 2. The second-order valence-electron chi connectivity index (χ2n) is 5.51. The number of hydrogen-bond acceptors (Lipinski definition) is 4. The SMILES string of the molecule is COc1ccc(NC(=O)NCc2c(OC)ccc3ncn(C)c23)cc1. The Balaban J connectivity index is 1.73. The molecular weight excluding hydrogens is 320 g/mol. The molecule has 3 aromatic rings. The predicted molar refractivity (Wildman–Crippen MR) is 96.1 cm³/mol. The van der Waals surface area contributed by atoms with Crippen LogP contribution in [0.1, 0.15) is 5.56 Å². The first kappa shape index (κ1) is 16.6. The molecule has 1 aromatic heterocycles. The highest BCUT2D eigenvalue weighted by molar-refractivity contribution is 5.90. The van der Waals surface area contributed by atoms with Crippen LogP contribution < -0.4 is 20.1 Å². The van der Waals surface area contributed by atoms with E-state index < -0.39 is 0 Å². The van der Waals surface area contributed by atoms with Gasteiger partial charge in [-0.3, -0.25) is 0 Å². The summed E-state index contributed by atoms with van der Waals surface area (Å²) in [6.45, 7) is 0.321. The number of hydrogen-bond donors (Lipinski definition) is 2. The number of benzene rings is 2. The highest BCUT2D eigenvalue weighted by Crippen LogP contribution is 2.27. The summed E-state index contributed by atoms with van der Waals surface area (Å²) in [6.07, 6.45) is 1.74. The first-order valence-electron chi connectivity index (χ1n) is 7.78. The van der Waals surface area contributed by atoms with Crippen LogP contribution in [0.25, 0.3) is 11.0 Å². The van der Waals surface area contributed by atoms with Gasteiger partial charge in [0.15, 0.2) is 0 Å². The molecule has 1 heterocycles. The zero-order valence-electron chi connectivity index (χ0n) is 14.4. The summed E-state index contributed by atoms with van der Waals surface area (Å²) in [5, 5.41) is 5.65. The minimum absolute atomic E-state index is 0.300. The number of nitrogens with zero attached hydrogens (tertiary/aromatic N) is 2.